The standard InChI is InChI=1S/C14H21O6P/c1-4-19-21(16,20-5-2)11-12(15)10-18-14-8-6-13(17-3)7-9-14/h6-9H,4-5,10-11H2,1-3H3. The quantitative estimate of drug-likeness (QED) is 0.618. The summed E-state index contributed by atoms with van der Waals surface area (Å²) in [6.45, 7) is 3.66. The number of hydrogen-bond acceptors (Lipinski definition) is 6. The van der Waals surface area contributed by atoms with Gasteiger partial charge in [0, 0.05) is 0 Å². The topological polar surface area (TPSA) is 71.1 Å². The molecule has 0 aliphatic rings. The third-order valence-corrected chi connectivity index (χ3v) is 4.52. The third-order valence-electron chi connectivity index (χ3n) is 2.48. The normalized spacial score (nSPS) is 11.2. The van der Waals surface area contributed by atoms with Crippen LogP contribution in [0.1, 0.15) is 13.8 Å². The van der Waals surface area contributed by atoms with Gasteiger partial charge in [-0.1, -0.05) is 0 Å². The van der Waals surface area contributed by atoms with E-state index >= 15 is 0 Å². The number of ketones is 1. The van der Waals surface area contributed by atoms with Crippen molar-refractivity contribution in [1.29, 1.82) is 0 Å². The van der Waals surface area contributed by atoms with Gasteiger partial charge in [0.05, 0.1) is 20.3 Å². The lowest BCUT2D eigenvalue weighted by Crippen LogP contribution is -2.17. The van der Waals surface area contributed by atoms with Crippen LogP contribution in [0.5, 0.6) is 11.5 Å². The first kappa shape index (κ1) is 17.7. The zero-order chi connectivity index (χ0) is 15.7. The zero-order valence-corrected chi connectivity index (χ0v) is 13.4. The van der Waals surface area contributed by atoms with E-state index in [4.69, 9.17) is 18.5 Å². The van der Waals surface area contributed by atoms with Crippen LogP contribution in [0.25, 0.3) is 0 Å². The van der Waals surface area contributed by atoms with E-state index in [0.29, 0.717) is 11.5 Å². The second-order valence-corrected chi connectivity index (χ2v) is 6.16. The molecule has 21 heavy (non-hydrogen) atoms. The molecule has 1 aromatic carbocycles. The number of rotatable bonds is 10. The van der Waals surface area contributed by atoms with Crippen LogP contribution in [-0.2, 0) is 18.4 Å². The maximum Gasteiger partial charge on any atom is 0.338 e. The van der Waals surface area contributed by atoms with E-state index in [-0.39, 0.29) is 31.8 Å². The third kappa shape index (κ3) is 6.29. The fourth-order valence-electron chi connectivity index (χ4n) is 1.62. The zero-order valence-electron chi connectivity index (χ0n) is 12.5. The van der Waals surface area contributed by atoms with E-state index in [9.17, 15) is 9.36 Å². The smallest absolute Gasteiger partial charge is 0.338 e. The Morgan fingerprint density at radius 2 is 1.57 bits per heavy atom. The SMILES string of the molecule is CCOP(=O)(CC(=O)COc1ccc(OC)cc1)OCC. The molecule has 0 N–H and O–H groups in total. The first-order valence-electron chi connectivity index (χ1n) is 6.69. The van der Waals surface area contributed by atoms with Crippen LogP contribution < -0.4 is 9.47 Å². The molecule has 0 amide bonds. The minimum Gasteiger partial charge on any atom is -0.497 e. The molecule has 0 saturated heterocycles. The predicted octanol–water partition coefficient (Wildman–Crippen LogP) is 2.91. The van der Waals surface area contributed by atoms with Crippen LogP contribution in [0.2, 0.25) is 0 Å². The fourth-order valence-corrected chi connectivity index (χ4v) is 3.19. The molecule has 118 valence electrons. The molecule has 0 aromatic heterocycles. The molecular weight excluding hydrogens is 295 g/mol. The summed E-state index contributed by atoms with van der Waals surface area (Å²) in [4.78, 5) is 11.8. The molecule has 0 atom stereocenters. The average Bonchev–Trinajstić information content (AvgIpc) is 2.46. The number of Topliss-reactive ketones (excluding diaryl/α,β-unsaturated/α-hetero) is 1. The van der Waals surface area contributed by atoms with Gasteiger partial charge < -0.3 is 18.5 Å². The maximum atomic E-state index is 12.2. The van der Waals surface area contributed by atoms with Gasteiger partial charge in [0.15, 0.2) is 5.78 Å². The summed E-state index contributed by atoms with van der Waals surface area (Å²) in [5.74, 6) is 0.897. The number of benzene rings is 1. The van der Waals surface area contributed by atoms with E-state index in [1.54, 1.807) is 45.2 Å². The van der Waals surface area contributed by atoms with Gasteiger partial charge >= 0.3 is 7.60 Å². The molecule has 1 rings (SSSR count). The number of carbonyl (C=O) groups excluding carboxylic acids is 1. The van der Waals surface area contributed by atoms with Gasteiger partial charge in [-0.3, -0.25) is 9.36 Å². The number of carbonyl (C=O) groups is 1. The highest BCUT2D eigenvalue weighted by Gasteiger charge is 2.27. The highest BCUT2D eigenvalue weighted by molar-refractivity contribution is 7.54. The van der Waals surface area contributed by atoms with E-state index in [1.165, 1.54) is 0 Å². The summed E-state index contributed by atoms with van der Waals surface area (Å²) >= 11 is 0. The minimum atomic E-state index is -3.36. The second kappa shape index (κ2) is 8.82. The Morgan fingerprint density at radius 1 is 1.05 bits per heavy atom. The molecule has 0 bridgehead atoms. The Balaban J connectivity index is 2.50. The molecule has 0 fully saturated rings. The van der Waals surface area contributed by atoms with Gasteiger partial charge in [-0.05, 0) is 38.1 Å². The van der Waals surface area contributed by atoms with Crippen molar-refractivity contribution >= 4 is 13.4 Å². The highest BCUT2D eigenvalue weighted by atomic mass is 31.2. The molecule has 0 aliphatic carbocycles. The number of hydrogen-bond donors (Lipinski definition) is 0. The Morgan fingerprint density at radius 3 is 2.05 bits per heavy atom. The summed E-state index contributed by atoms with van der Waals surface area (Å²) in [5.41, 5.74) is 0. The summed E-state index contributed by atoms with van der Waals surface area (Å²) in [6.07, 6.45) is -0.287. The van der Waals surface area contributed by atoms with Crippen LogP contribution >= 0.6 is 7.60 Å². The maximum absolute atomic E-state index is 12.2. The predicted molar refractivity (Wildman–Crippen MR) is 79.2 cm³/mol. The summed E-state index contributed by atoms with van der Waals surface area (Å²) < 4.78 is 32.7. The molecule has 0 aliphatic heterocycles. The molecule has 6 nitrogen and oxygen atoms in total. The van der Waals surface area contributed by atoms with Crippen LogP contribution in [0, 0.1) is 0 Å². The molecule has 0 spiro atoms. The molecule has 0 saturated carbocycles. The Bertz CT molecular complexity index is 475. The highest BCUT2D eigenvalue weighted by Crippen LogP contribution is 2.47. The lowest BCUT2D eigenvalue weighted by molar-refractivity contribution is -0.118. The molecule has 1 aromatic rings. The van der Waals surface area contributed by atoms with E-state index < -0.39 is 7.60 Å². The fraction of sp³-hybridized carbons (Fsp3) is 0.500. The van der Waals surface area contributed by atoms with Crippen LogP contribution in [0.15, 0.2) is 24.3 Å². The number of methoxy groups -OCH3 is 1. The van der Waals surface area contributed by atoms with Crippen molar-refractivity contribution in [2.45, 2.75) is 13.8 Å². The van der Waals surface area contributed by atoms with Crippen molar-refractivity contribution in [3.63, 3.8) is 0 Å². The largest absolute Gasteiger partial charge is 0.497 e. The van der Waals surface area contributed by atoms with E-state index in [1.807, 2.05) is 0 Å². The van der Waals surface area contributed by atoms with Gasteiger partial charge in [-0.15, -0.1) is 0 Å². The molecular formula is C14H21O6P. The minimum absolute atomic E-state index is 0.184. The van der Waals surface area contributed by atoms with Gasteiger partial charge in [0.1, 0.15) is 24.3 Å². The van der Waals surface area contributed by atoms with Crippen molar-refractivity contribution in [2.75, 3.05) is 33.1 Å². The van der Waals surface area contributed by atoms with E-state index in [0.717, 1.165) is 0 Å². The van der Waals surface area contributed by atoms with Crippen molar-refractivity contribution < 1.29 is 27.9 Å². The monoisotopic (exact) mass is 316 g/mol. The van der Waals surface area contributed by atoms with Gasteiger partial charge in [-0.25, -0.2) is 0 Å². The molecule has 7 heteroatoms. The molecule has 0 radical (unpaired) electrons. The van der Waals surface area contributed by atoms with Crippen LogP contribution in [0.4, 0.5) is 0 Å². The van der Waals surface area contributed by atoms with Crippen molar-refractivity contribution in [1.82, 2.24) is 0 Å². The first-order chi connectivity index (χ1) is 10.0. The van der Waals surface area contributed by atoms with Crippen LogP contribution in [-0.4, -0.2) is 38.9 Å². The Labute approximate surface area is 124 Å². The van der Waals surface area contributed by atoms with E-state index in [2.05, 4.69) is 0 Å². The van der Waals surface area contributed by atoms with Crippen LogP contribution in [0.3, 0.4) is 0 Å². The van der Waals surface area contributed by atoms with Gasteiger partial charge in [0.25, 0.3) is 0 Å². The lowest BCUT2D eigenvalue weighted by atomic mass is 10.3. The van der Waals surface area contributed by atoms with Gasteiger partial charge in [-0.2, -0.15) is 0 Å². The summed E-state index contributed by atoms with van der Waals surface area (Å²) in [7, 11) is -1.79. The second-order valence-electron chi connectivity index (χ2n) is 4.11. The molecule has 0 heterocycles. The Kier molecular flexibility index (Phi) is 7.43. The van der Waals surface area contributed by atoms with Gasteiger partial charge in [0.2, 0.25) is 0 Å². The first-order valence-corrected chi connectivity index (χ1v) is 8.42. The average molecular weight is 316 g/mol. The summed E-state index contributed by atoms with van der Waals surface area (Å²) in [6, 6.07) is 6.84. The summed E-state index contributed by atoms with van der Waals surface area (Å²) in [5, 5.41) is 0. The number of ether oxygens (including phenoxy) is 2. The van der Waals surface area contributed by atoms with Crippen molar-refractivity contribution in [3.05, 3.63) is 24.3 Å². The van der Waals surface area contributed by atoms with Crippen molar-refractivity contribution in [3.8, 4) is 11.5 Å². The lowest BCUT2D eigenvalue weighted by Gasteiger charge is -2.16. The Hall–Kier alpha value is -1.36. The molecule has 0 unspecified atom stereocenters. The van der Waals surface area contributed by atoms with Crippen molar-refractivity contribution in [2.24, 2.45) is 0 Å².